The summed E-state index contributed by atoms with van der Waals surface area (Å²) < 4.78 is 1.63. The predicted octanol–water partition coefficient (Wildman–Crippen LogP) is 2.88. The third kappa shape index (κ3) is 2.82. The lowest BCUT2D eigenvalue weighted by atomic mass is 10.2. The zero-order valence-electron chi connectivity index (χ0n) is 11.7. The van der Waals surface area contributed by atoms with Crippen LogP contribution in [0.3, 0.4) is 0 Å². The number of hydrogen-bond acceptors (Lipinski definition) is 4. The van der Waals surface area contributed by atoms with E-state index >= 15 is 0 Å². The molecule has 0 bridgehead atoms. The van der Waals surface area contributed by atoms with E-state index in [2.05, 4.69) is 20.5 Å². The molecule has 0 radical (unpaired) electrons. The van der Waals surface area contributed by atoms with E-state index in [1.54, 1.807) is 41.1 Å². The fourth-order valence-corrected chi connectivity index (χ4v) is 2.13. The second-order valence-electron chi connectivity index (χ2n) is 4.64. The SMILES string of the molecule is Cc1c(Cl)cccc1NC(=O)c1ccnc(-n2cnnc2)c1. The molecule has 7 heteroatoms. The van der Waals surface area contributed by atoms with Crippen molar-refractivity contribution in [3.8, 4) is 5.82 Å². The van der Waals surface area contributed by atoms with E-state index in [4.69, 9.17) is 11.6 Å². The number of carbonyl (C=O) groups is 1. The predicted molar refractivity (Wildman–Crippen MR) is 83.3 cm³/mol. The van der Waals surface area contributed by atoms with Crippen LogP contribution in [0.1, 0.15) is 15.9 Å². The first kappa shape index (κ1) is 14.2. The summed E-state index contributed by atoms with van der Waals surface area (Å²) in [7, 11) is 0. The van der Waals surface area contributed by atoms with Gasteiger partial charge >= 0.3 is 0 Å². The molecule has 3 aromatic rings. The van der Waals surface area contributed by atoms with Gasteiger partial charge in [0, 0.05) is 22.5 Å². The van der Waals surface area contributed by atoms with Crippen molar-refractivity contribution in [2.75, 3.05) is 5.32 Å². The zero-order valence-corrected chi connectivity index (χ0v) is 12.4. The fourth-order valence-electron chi connectivity index (χ4n) is 1.96. The molecule has 0 aliphatic carbocycles. The first-order chi connectivity index (χ1) is 10.6. The number of anilines is 1. The number of amides is 1. The summed E-state index contributed by atoms with van der Waals surface area (Å²) in [6.07, 6.45) is 4.60. The van der Waals surface area contributed by atoms with Crippen molar-refractivity contribution in [1.82, 2.24) is 19.7 Å². The Kier molecular flexibility index (Phi) is 3.84. The Bertz CT molecular complexity index is 817. The highest BCUT2D eigenvalue weighted by Gasteiger charge is 2.10. The van der Waals surface area contributed by atoms with E-state index in [-0.39, 0.29) is 5.91 Å². The Morgan fingerprint density at radius 2 is 2.00 bits per heavy atom. The smallest absolute Gasteiger partial charge is 0.255 e. The van der Waals surface area contributed by atoms with Crippen LogP contribution in [0.5, 0.6) is 0 Å². The molecule has 0 saturated carbocycles. The number of rotatable bonds is 3. The monoisotopic (exact) mass is 313 g/mol. The lowest BCUT2D eigenvalue weighted by molar-refractivity contribution is 0.102. The lowest BCUT2D eigenvalue weighted by Gasteiger charge is -2.10. The summed E-state index contributed by atoms with van der Waals surface area (Å²) in [6.45, 7) is 1.85. The Morgan fingerprint density at radius 1 is 1.23 bits per heavy atom. The van der Waals surface area contributed by atoms with Crippen molar-refractivity contribution < 1.29 is 4.79 Å². The molecule has 3 rings (SSSR count). The van der Waals surface area contributed by atoms with Crippen LogP contribution in [0.2, 0.25) is 5.02 Å². The highest BCUT2D eigenvalue weighted by molar-refractivity contribution is 6.31. The van der Waals surface area contributed by atoms with Crippen LogP contribution in [0, 0.1) is 6.92 Å². The minimum absolute atomic E-state index is 0.234. The average molecular weight is 314 g/mol. The highest BCUT2D eigenvalue weighted by atomic mass is 35.5. The molecule has 1 aromatic carbocycles. The van der Waals surface area contributed by atoms with Gasteiger partial charge in [0.15, 0.2) is 0 Å². The van der Waals surface area contributed by atoms with Crippen molar-refractivity contribution in [3.05, 3.63) is 65.3 Å². The number of pyridine rings is 1. The lowest BCUT2D eigenvalue weighted by Crippen LogP contribution is -2.13. The maximum absolute atomic E-state index is 12.4. The molecule has 0 saturated heterocycles. The van der Waals surface area contributed by atoms with Crippen molar-refractivity contribution in [1.29, 1.82) is 0 Å². The molecule has 0 atom stereocenters. The van der Waals surface area contributed by atoms with Crippen molar-refractivity contribution in [2.24, 2.45) is 0 Å². The van der Waals surface area contributed by atoms with Gasteiger partial charge in [0.2, 0.25) is 0 Å². The van der Waals surface area contributed by atoms with Crippen LogP contribution < -0.4 is 5.32 Å². The van der Waals surface area contributed by atoms with E-state index in [0.29, 0.717) is 22.1 Å². The van der Waals surface area contributed by atoms with Gasteiger partial charge in [-0.2, -0.15) is 0 Å². The minimum Gasteiger partial charge on any atom is -0.322 e. The Labute approximate surface area is 131 Å². The number of aromatic nitrogens is 4. The van der Waals surface area contributed by atoms with Gasteiger partial charge in [-0.25, -0.2) is 4.98 Å². The molecule has 1 N–H and O–H groups in total. The van der Waals surface area contributed by atoms with Gasteiger partial charge in [-0.15, -0.1) is 10.2 Å². The highest BCUT2D eigenvalue weighted by Crippen LogP contribution is 2.23. The molecule has 2 heterocycles. The molecular weight excluding hydrogens is 302 g/mol. The molecule has 0 aliphatic heterocycles. The summed E-state index contributed by atoms with van der Waals surface area (Å²) in [6, 6.07) is 8.69. The number of nitrogens with zero attached hydrogens (tertiary/aromatic N) is 4. The van der Waals surface area contributed by atoms with Crippen LogP contribution >= 0.6 is 11.6 Å². The average Bonchev–Trinajstić information content (AvgIpc) is 3.06. The molecular formula is C15H12ClN5O. The van der Waals surface area contributed by atoms with Gasteiger partial charge < -0.3 is 5.32 Å². The summed E-state index contributed by atoms with van der Waals surface area (Å²) in [5.41, 5.74) is 1.99. The zero-order chi connectivity index (χ0) is 15.5. The van der Waals surface area contributed by atoms with Crippen molar-refractivity contribution >= 4 is 23.2 Å². The topological polar surface area (TPSA) is 72.7 Å². The van der Waals surface area contributed by atoms with Crippen LogP contribution in [0.25, 0.3) is 5.82 Å². The van der Waals surface area contributed by atoms with Gasteiger partial charge in [0.25, 0.3) is 5.91 Å². The number of benzene rings is 1. The second kappa shape index (κ2) is 5.95. The molecule has 0 aliphatic rings. The number of nitrogens with one attached hydrogen (secondary N) is 1. The minimum atomic E-state index is -0.234. The maximum atomic E-state index is 12.4. The Hall–Kier alpha value is -2.73. The maximum Gasteiger partial charge on any atom is 0.255 e. The van der Waals surface area contributed by atoms with E-state index in [9.17, 15) is 4.79 Å². The van der Waals surface area contributed by atoms with Gasteiger partial charge in [0.05, 0.1) is 0 Å². The third-order valence-electron chi connectivity index (χ3n) is 3.21. The van der Waals surface area contributed by atoms with Crippen LogP contribution in [0.4, 0.5) is 5.69 Å². The standard InChI is InChI=1S/C15H12ClN5O/c1-10-12(16)3-2-4-13(10)20-15(22)11-5-6-17-14(7-11)21-8-18-19-9-21/h2-9H,1H3,(H,20,22). The molecule has 1 amide bonds. The summed E-state index contributed by atoms with van der Waals surface area (Å²) in [5.74, 6) is 0.336. The van der Waals surface area contributed by atoms with Crippen molar-refractivity contribution in [2.45, 2.75) is 6.92 Å². The molecule has 0 unspecified atom stereocenters. The van der Waals surface area contributed by atoms with E-state index in [1.807, 2.05) is 6.92 Å². The third-order valence-corrected chi connectivity index (χ3v) is 3.62. The van der Waals surface area contributed by atoms with Crippen LogP contribution in [-0.2, 0) is 0 Å². The van der Waals surface area contributed by atoms with E-state index < -0.39 is 0 Å². The molecule has 0 spiro atoms. The van der Waals surface area contributed by atoms with E-state index in [1.165, 1.54) is 12.7 Å². The van der Waals surface area contributed by atoms with Gasteiger partial charge in [0.1, 0.15) is 18.5 Å². The second-order valence-corrected chi connectivity index (χ2v) is 5.05. The normalized spacial score (nSPS) is 10.5. The van der Waals surface area contributed by atoms with Gasteiger partial charge in [-0.1, -0.05) is 17.7 Å². The molecule has 0 fully saturated rings. The molecule has 2 aromatic heterocycles. The van der Waals surface area contributed by atoms with Crippen LogP contribution in [0.15, 0.2) is 49.2 Å². The Morgan fingerprint density at radius 3 is 2.77 bits per heavy atom. The molecule has 6 nitrogen and oxygen atoms in total. The number of carbonyl (C=O) groups excluding carboxylic acids is 1. The number of halogens is 1. The quantitative estimate of drug-likeness (QED) is 0.807. The fraction of sp³-hybridized carbons (Fsp3) is 0.0667. The molecule has 110 valence electrons. The number of hydrogen-bond donors (Lipinski definition) is 1. The van der Waals surface area contributed by atoms with E-state index in [0.717, 1.165) is 5.56 Å². The van der Waals surface area contributed by atoms with Gasteiger partial charge in [-0.3, -0.25) is 9.36 Å². The summed E-state index contributed by atoms with van der Waals surface area (Å²) >= 11 is 6.06. The first-order valence-corrected chi connectivity index (χ1v) is 6.90. The van der Waals surface area contributed by atoms with Gasteiger partial charge in [-0.05, 0) is 36.8 Å². The summed E-state index contributed by atoms with van der Waals surface area (Å²) in [4.78, 5) is 16.6. The largest absolute Gasteiger partial charge is 0.322 e. The molecule has 22 heavy (non-hydrogen) atoms. The Balaban J connectivity index is 1.87. The van der Waals surface area contributed by atoms with Crippen LogP contribution in [-0.4, -0.2) is 25.7 Å². The summed E-state index contributed by atoms with van der Waals surface area (Å²) in [5, 5.41) is 10.9. The van der Waals surface area contributed by atoms with Crippen molar-refractivity contribution in [3.63, 3.8) is 0 Å². The first-order valence-electron chi connectivity index (χ1n) is 6.52.